The summed E-state index contributed by atoms with van der Waals surface area (Å²) in [5.74, 6) is 0. The molecule has 0 bridgehead atoms. The summed E-state index contributed by atoms with van der Waals surface area (Å²) in [5, 5.41) is 0. The van der Waals surface area contributed by atoms with Crippen LogP contribution in [0.25, 0.3) is 0 Å². The van der Waals surface area contributed by atoms with Gasteiger partial charge < -0.3 is 9.80 Å². The van der Waals surface area contributed by atoms with Gasteiger partial charge in [-0.25, -0.2) is 0 Å². The Hall–Kier alpha value is -0.0800. The lowest BCUT2D eigenvalue weighted by Crippen LogP contribution is -2.41. The lowest BCUT2D eigenvalue weighted by molar-refractivity contribution is 0.138. The molecule has 2 nitrogen and oxygen atoms in total. The molecule has 0 unspecified atom stereocenters. The Balaban J connectivity index is 0.000000151. The van der Waals surface area contributed by atoms with Crippen molar-refractivity contribution in [3.63, 3.8) is 0 Å². The van der Waals surface area contributed by atoms with Crippen LogP contribution < -0.4 is 0 Å². The normalized spacial score (nSPS) is 22.8. The van der Waals surface area contributed by atoms with Crippen molar-refractivity contribution in [3.05, 3.63) is 0 Å². The summed E-state index contributed by atoms with van der Waals surface area (Å²) in [7, 11) is 0. The van der Waals surface area contributed by atoms with E-state index in [1.807, 2.05) is 0 Å². The van der Waals surface area contributed by atoms with E-state index in [-0.39, 0.29) is 0 Å². The Morgan fingerprint density at radius 2 is 0.933 bits per heavy atom. The van der Waals surface area contributed by atoms with Crippen molar-refractivity contribution < 1.29 is 0 Å². The third-order valence-corrected chi connectivity index (χ3v) is 3.49. The van der Waals surface area contributed by atoms with E-state index in [2.05, 4.69) is 37.5 Å². The largest absolute Gasteiger partial charge is 0.301 e. The van der Waals surface area contributed by atoms with E-state index in [1.165, 1.54) is 45.4 Å². The van der Waals surface area contributed by atoms with E-state index in [0.717, 1.165) is 12.1 Å². The lowest BCUT2D eigenvalue weighted by Gasteiger charge is -2.34. The molecule has 0 N–H and O–H groups in total. The van der Waals surface area contributed by atoms with Crippen LogP contribution in [0.3, 0.4) is 0 Å². The molecule has 2 rings (SSSR count). The molecule has 0 aromatic heterocycles. The van der Waals surface area contributed by atoms with E-state index in [1.54, 1.807) is 0 Å². The van der Waals surface area contributed by atoms with Gasteiger partial charge in [0.2, 0.25) is 0 Å². The molecule has 0 atom stereocenters. The lowest BCUT2D eigenvalue weighted by atomic mass is 10.2. The fourth-order valence-electron chi connectivity index (χ4n) is 2.12. The molecule has 0 spiro atoms. The first kappa shape index (κ1) is 13.0. The van der Waals surface area contributed by atoms with Crippen LogP contribution in [0.2, 0.25) is 0 Å². The van der Waals surface area contributed by atoms with Crippen molar-refractivity contribution in [1.29, 1.82) is 0 Å². The maximum atomic E-state index is 2.53. The summed E-state index contributed by atoms with van der Waals surface area (Å²) in [4.78, 5) is 5.00. The monoisotopic (exact) mass is 212 g/mol. The Morgan fingerprint density at radius 1 is 0.600 bits per heavy atom. The average molecular weight is 212 g/mol. The fourth-order valence-corrected chi connectivity index (χ4v) is 2.12. The second-order valence-corrected chi connectivity index (χ2v) is 5.32. The van der Waals surface area contributed by atoms with Crippen LogP contribution >= 0.6 is 0 Å². The third kappa shape index (κ3) is 4.52. The number of hydrogen-bond donors (Lipinski definition) is 0. The summed E-state index contributed by atoms with van der Waals surface area (Å²) < 4.78 is 0. The molecule has 0 aromatic rings. The molecule has 15 heavy (non-hydrogen) atoms. The van der Waals surface area contributed by atoms with E-state index >= 15 is 0 Å². The number of hydrogen-bond acceptors (Lipinski definition) is 2. The molecule has 90 valence electrons. The van der Waals surface area contributed by atoms with Gasteiger partial charge in [0.05, 0.1) is 0 Å². The highest BCUT2D eigenvalue weighted by atomic mass is 15.2. The van der Waals surface area contributed by atoms with Gasteiger partial charge in [-0.05, 0) is 73.1 Å². The summed E-state index contributed by atoms with van der Waals surface area (Å²) in [6.07, 6.45) is 4.24. The first-order chi connectivity index (χ1) is 7.11. The van der Waals surface area contributed by atoms with Crippen LogP contribution in [-0.4, -0.2) is 48.1 Å². The highest BCUT2D eigenvalue weighted by Gasteiger charge is 2.15. The predicted octanol–water partition coefficient (Wildman–Crippen LogP) is 2.59. The van der Waals surface area contributed by atoms with Crippen molar-refractivity contribution in [2.45, 2.75) is 59.0 Å². The number of rotatable bonds is 2. The fraction of sp³-hybridized carbons (Fsp3) is 1.00. The minimum Gasteiger partial charge on any atom is -0.301 e. The predicted molar refractivity (Wildman–Crippen MR) is 67.3 cm³/mol. The highest BCUT2D eigenvalue weighted by molar-refractivity contribution is 4.71. The van der Waals surface area contributed by atoms with Gasteiger partial charge in [-0.1, -0.05) is 0 Å². The van der Waals surface area contributed by atoms with Crippen LogP contribution in [-0.2, 0) is 0 Å². The molecule has 0 aromatic carbocycles. The quantitative estimate of drug-likeness (QED) is 0.694. The van der Waals surface area contributed by atoms with E-state index in [9.17, 15) is 0 Å². The van der Waals surface area contributed by atoms with Crippen molar-refractivity contribution in [1.82, 2.24) is 9.80 Å². The summed E-state index contributed by atoms with van der Waals surface area (Å²) in [6.45, 7) is 14.4. The summed E-state index contributed by atoms with van der Waals surface area (Å²) in [6, 6.07) is 1.56. The van der Waals surface area contributed by atoms with Gasteiger partial charge in [-0.3, -0.25) is 0 Å². The second-order valence-electron chi connectivity index (χ2n) is 5.32. The Labute approximate surface area is 95.6 Å². The van der Waals surface area contributed by atoms with Gasteiger partial charge in [0.25, 0.3) is 0 Å². The SMILES string of the molecule is CC(C)N1CCC1.CC(C)N1CCCC1. The van der Waals surface area contributed by atoms with Crippen molar-refractivity contribution in [2.24, 2.45) is 0 Å². The van der Waals surface area contributed by atoms with Gasteiger partial charge in [0, 0.05) is 12.1 Å². The molecular weight excluding hydrogens is 184 g/mol. The third-order valence-electron chi connectivity index (χ3n) is 3.49. The first-order valence-corrected chi connectivity index (χ1v) is 6.59. The summed E-state index contributed by atoms with van der Waals surface area (Å²) >= 11 is 0. The minimum atomic E-state index is 0.775. The Bertz CT molecular complexity index is 156. The van der Waals surface area contributed by atoms with Crippen molar-refractivity contribution in [2.75, 3.05) is 26.2 Å². The average Bonchev–Trinajstić information content (AvgIpc) is 2.51. The molecule has 0 aliphatic carbocycles. The zero-order valence-corrected chi connectivity index (χ0v) is 11.0. The van der Waals surface area contributed by atoms with E-state index in [4.69, 9.17) is 0 Å². The van der Waals surface area contributed by atoms with Gasteiger partial charge in [-0.2, -0.15) is 0 Å². The number of nitrogens with zero attached hydrogens (tertiary/aromatic N) is 2. The smallest absolute Gasteiger partial charge is 0.00386 e. The maximum Gasteiger partial charge on any atom is 0.00386 e. The molecule has 0 amide bonds. The topological polar surface area (TPSA) is 6.48 Å². The molecule has 2 fully saturated rings. The molecule has 2 heteroatoms. The van der Waals surface area contributed by atoms with E-state index in [0.29, 0.717) is 0 Å². The van der Waals surface area contributed by atoms with Gasteiger partial charge in [-0.15, -0.1) is 0 Å². The summed E-state index contributed by atoms with van der Waals surface area (Å²) in [5.41, 5.74) is 0. The zero-order chi connectivity index (χ0) is 11.3. The molecule has 2 saturated heterocycles. The molecule has 0 saturated carbocycles. The van der Waals surface area contributed by atoms with Crippen molar-refractivity contribution >= 4 is 0 Å². The van der Waals surface area contributed by atoms with Gasteiger partial charge in [0.15, 0.2) is 0 Å². The van der Waals surface area contributed by atoms with Crippen LogP contribution in [0.5, 0.6) is 0 Å². The Morgan fingerprint density at radius 3 is 1.07 bits per heavy atom. The van der Waals surface area contributed by atoms with Crippen LogP contribution in [0.1, 0.15) is 47.0 Å². The van der Waals surface area contributed by atoms with Crippen molar-refractivity contribution in [3.8, 4) is 0 Å². The molecule has 2 heterocycles. The van der Waals surface area contributed by atoms with Gasteiger partial charge in [0.1, 0.15) is 0 Å². The molecular formula is C13H28N2. The zero-order valence-electron chi connectivity index (χ0n) is 11.0. The maximum absolute atomic E-state index is 2.53. The first-order valence-electron chi connectivity index (χ1n) is 6.59. The number of likely N-dealkylation sites (tertiary alicyclic amines) is 2. The van der Waals surface area contributed by atoms with Crippen LogP contribution in [0, 0.1) is 0 Å². The Kier molecular flexibility index (Phi) is 5.62. The minimum absolute atomic E-state index is 0.775. The second kappa shape index (κ2) is 6.49. The molecule has 2 aliphatic rings. The molecule has 0 radical (unpaired) electrons. The highest BCUT2D eigenvalue weighted by Crippen LogP contribution is 2.10. The standard InChI is InChI=1S/C7H15N.C6H13N/c1-7(2)8-5-3-4-6-8;1-6(2)7-4-3-5-7/h7H,3-6H2,1-2H3;6H,3-5H2,1-2H3. The molecule has 2 aliphatic heterocycles. The van der Waals surface area contributed by atoms with Crippen LogP contribution in [0.15, 0.2) is 0 Å². The van der Waals surface area contributed by atoms with Gasteiger partial charge >= 0.3 is 0 Å². The van der Waals surface area contributed by atoms with E-state index < -0.39 is 0 Å². The van der Waals surface area contributed by atoms with Crippen LogP contribution in [0.4, 0.5) is 0 Å².